The summed E-state index contributed by atoms with van der Waals surface area (Å²) in [6.07, 6.45) is -0.265. The van der Waals surface area contributed by atoms with E-state index >= 15 is 0 Å². The highest BCUT2D eigenvalue weighted by atomic mass is 32.2. The molecule has 1 saturated heterocycles. The largest absolute Gasteiger partial charge is 0.492 e. The van der Waals surface area contributed by atoms with Gasteiger partial charge in [-0.05, 0) is 33.3 Å². The van der Waals surface area contributed by atoms with Crippen LogP contribution in [0.25, 0.3) is 0 Å². The number of nitrogens with zero attached hydrogens (tertiary/aromatic N) is 1. The summed E-state index contributed by atoms with van der Waals surface area (Å²) in [5.74, 6) is 0.346. The molecule has 2 nitrogen and oxygen atoms in total. The molecule has 0 bridgehead atoms. The Morgan fingerprint density at radius 3 is 2.47 bits per heavy atom. The van der Waals surface area contributed by atoms with Gasteiger partial charge in [0.15, 0.2) is 0 Å². The first-order valence-corrected chi connectivity index (χ1v) is 6.34. The predicted molar refractivity (Wildman–Crippen MR) is 57.2 cm³/mol. The van der Waals surface area contributed by atoms with Crippen molar-refractivity contribution in [2.75, 3.05) is 25.3 Å². The van der Waals surface area contributed by atoms with Gasteiger partial charge < -0.3 is 17.8 Å². The summed E-state index contributed by atoms with van der Waals surface area (Å²) in [5.41, 5.74) is 0. The third-order valence-corrected chi connectivity index (χ3v) is 4.69. The predicted octanol–water partition coefficient (Wildman–Crippen LogP) is 1.61. The van der Waals surface area contributed by atoms with Crippen LogP contribution >= 0.6 is 0 Å². The standard InChI is InChI=1S/C8H16BF3NOS/c1-8(2)3-4-13(5-6-15(8)14)7-9(10,11)12/h3-7H2,1-2H3/q-1. The maximum atomic E-state index is 12.2. The summed E-state index contributed by atoms with van der Waals surface area (Å²) in [5, 5.41) is 0. The highest BCUT2D eigenvalue weighted by molar-refractivity contribution is 7.86. The lowest BCUT2D eigenvalue weighted by atomic mass is 9.91. The van der Waals surface area contributed by atoms with E-state index in [1.54, 1.807) is 0 Å². The van der Waals surface area contributed by atoms with Crippen molar-refractivity contribution in [1.82, 2.24) is 4.90 Å². The highest BCUT2D eigenvalue weighted by Crippen LogP contribution is 2.23. The van der Waals surface area contributed by atoms with Crippen LogP contribution in [0, 0.1) is 0 Å². The number of halogens is 3. The van der Waals surface area contributed by atoms with Crippen molar-refractivity contribution < 1.29 is 17.2 Å². The van der Waals surface area contributed by atoms with Crippen LogP contribution in [0.3, 0.4) is 0 Å². The summed E-state index contributed by atoms with van der Waals surface area (Å²) in [6, 6.07) is 0. The van der Waals surface area contributed by atoms with E-state index in [2.05, 4.69) is 0 Å². The fourth-order valence-corrected chi connectivity index (χ4v) is 2.91. The summed E-state index contributed by atoms with van der Waals surface area (Å²) < 4.78 is 47.9. The van der Waals surface area contributed by atoms with Crippen molar-refractivity contribution in [3.63, 3.8) is 0 Å². The van der Waals surface area contributed by atoms with Gasteiger partial charge in [0.25, 0.3) is 0 Å². The fourth-order valence-electron chi connectivity index (χ4n) is 1.62. The first-order valence-electron chi connectivity index (χ1n) is 5.02. The van der Waals surface area contributed by atoms with Gasteiger partial charge in [-0.3, -0.25) is 4.21 Å². The van der Waals surface area contributed by atoms with Crippen LogP contribution in [0.1, 0.15) is 20.3 Å². The Hall–Kier alpha value is -0.0351. The minimum Gasteiger partial charge on any atom is -0.448 e. The van der Waals surface area contributed by atoms with Gasteiger partial charge in [-0.2, -0.15) is 0 Å². The lowest BCUT2D eigenvalue weighted by Gasteiger charge is -2.26. The minimum absolute atomic E-state index is 0.289. The lowest BCUT2D eigenvalue weighted by molar-refractivity contribution is 0.287. The Kier molecular flexibility index (Phi) is 3.87. The molecule has 1 heterocycles. The number of hydrogen-bond acceptors (Lipinski definition) is 2. The molecule has 1 atom stereocenters. The molecule has 0 aromatic heterocycles. The van der Waals surface area contributed by atoms with Crippen LogP contribution in [0.15, 0.2) is 0 Å². The average Bonchev–Trinajstić information content (AvgIpc) is 2.16. The normalized spacial score (nSPS) is 28.7. The van der Waals surface area contributed by atoms with Gasteiger partial charge in [0.05, 0.1) is 0 Å². The second-order valence-electron chi connectivity index (χ2n) is 4.57. The van der Waals surface area contributed by atoms with Crippen molar-refractivity contribution in [3.05, 3.63) is 0 Å². The second kappa shape index (κ2) is 4.45. The quantitative estimate of drug-likeness (QED) is 0.685. The smallest absolute Gasteiger partial charge is 0.448 e. The molecule has 1 unspecified atom stereocenters. The van der Waals surface area contributed by atoms with Gasteiger partial charge >= 0.3 is 6.98 Å². The molecule has 0 saturated carbocycles. The Morgan fingerprint density at radius 2 is 1.93 bits per heavy atom. The molecule has 1 aliphatic rings. The fraction of sp³-hybridized carbons (Fsp3) is 1.00. The maximum Gasteiger partial charge on any atom is 0.492 e. The SMILES string of the molecule is CC1(C)CCN(C[B-](F)(F)F)CCS1=O. The molecule has 1 rings (SSSR count). The van der Waals surface area contributed by atoms with E-state index in [0.717, 1.165) is 0 Å². The third-order valence-electron chi connectivity index (χ3n) is 2.70. The van der Waals surface area contributed by atoms with Crippen LogP contribution < -0.4 is 0 Å². The first kappa shape index (κ1) is 13.0. The molecule has 7 heteroatoms. The average molecular weight is 242 g/mol. The van der Waals surface area contributed by atoms with Crippen molar-refractivity contribution in [2.45, 2.75) is 25.0 Å². The van der Waals surface area contributed by atoms with E-state index < -0.39 is 24.2 Å². The topological polar surface area (TPSA) is 20.3 Å². The molecule has 0 aromatic carbocycles. The molecule has 1 fully saturated rings. The molecule has 0 spiro atoms. The van der Waals surface area contributed by atoms with Gasteiger partial charge in [-0.1, -0.05) is 0 Å². The first-order chi connectivity index (χ1) is 6.71. The monoisotopic (exact) mass is 242 g/mol. The summed E-state index contributed by atoms with van der Waals surface area (Å²) >= 11 is 0. The molecular weight excluding hydrogens is 226 g/mol. The summed E-state index contributed by atoms with van der Waals surface area (Å²) in [7, 11) is -1.02. The number of hydrogen-bond donors (Lipinski definition) is 0. The van der Waals surface area contributed by atoms with Gasteiger partial charge in [-0.25, -0.2) is 0 Å². The maximum absolute atomic E-state index is 12.2. The zero-order valence-corrected chi connectivity index (χ0v) is 9.83. The van der Waals surface area contributed by atoms with Crippen LogP contribution in [-0.2, 0) is 10.8 Å². The van der Waals surface area contributed by atoms with Crippen molar-refractivity contribution >= 4 is 17.8 Å². The molecule has 15 heavy (non-hydrogen) atoms. The van der Waals surface area contributed by atoms with Crippen molar-refractivity contribution in [3.8, 4) is 0 Å². The summed E-state index contributed by atoms with van der Waals surface area (Å²) in [6.45, 7) is -0.382. The van der Waals surface area contributed by atoms with E-state index in [1.807, 2.05) is 13.8 Å². The third kappa shape index (κ3) is 4.14. The lowest BCUT2D eigenvalue weighted by Crippen LogP contribution is -2.39. The molecule has 0 aromatic rings. The Balaban J connectivity index is 2.57. The minimum atomic E-state index is -4.76. The van der Waals surface area contributed by atoms with E-state index in [-0.39, 0.29) is 11.3 Å². The highest BCUT2D eigenvalue weighted by Gasteiger charge is 2.33. The number of rotatable bonds is 2. The van der Waals surface area contributed by atoms with E-state index in [0.29, 0.717) is 18.7 Å². The molecule has 1 aliphatic heterocycles. The van der Waals surface area contributed by atoms with Crippen LogP contribution in [0.2, 0.25) is 0 Å². The van der Waals surface area contributed by atoms with Crippen LogP contribution in [0.4, 0.5) is 12.9 Å². The molecule has 0 aliphatic carbocycles. The van der Waals surface area contributed by atoms with Gasteiger partial charge in [0.1, 0.15) is 0 Å². The van der Waals surface area contributed by atoms with Gasteiger partial charge in [-0.15, -0.1) is 0 Å². The van der Waals surface area contributed by atoms with E-state index in [1.165, 1.54) is 4.90 Å². The van der Waals surface area contributed by atoms with Crippen molar-refractivity contribution in [2.24, 2.45) is 0 Å². The van der Waals surface area contributed by atoms with Crippen molar-refractivity contribution in [1.29, 1.82) is 0 Å². The molecule has 0 radical (unpaired) electrons. The van der Waals surface area contributed by atoms with E-state index in [9.17, 15) is 17.2 Å². The molecule has 90 valence electrons. The molecule has 0 amide bonds. The zero-order chi connectivity index (χ0) is 11.7. The van der Waals surface area contributed by atoms with E-state index in [4.69, 9.17) is 0 Å². The molecular formula is C8H16BF3NOS-. The zero-order valence-electron chi connectivity index (χ0n) is 9.01. The van der Waals surface area contributed by atoms with Gasteiger partial charge in [0.2, 0.25) is 0 Å². The Morgan fingerprint density at radius 1 is 1.33 bits per heavy atom. The van der Waals surface area contributed by atoms with Gasteiger partial charge in [0, 0.05) is 27.8 Å². The molecule has 0 N–H and O–H groups in total. The van der Waals surface area contributed by atoms with Crippen LogP contribution in [0.5, 0.6) is 0 Å². The Labute approximate surface area is 90.7 Å². The summed E-state index contributed by atoms with van der Waals surface area (Å²) in [4.78, 5) is 1.37. The second-order valence-corrected chi connectivity index (χ2v) is 6.77. The van der Waals surface area contributed by atoms with Crippen LogP contribution in [-0.4, -0.2) is 46.1 Å². The Bertz CT molecular complexity index is 257.